The fraction of sp³-hybridized carbons (Fsp3) is 0.343. The summed E-state index contributed by atoms with van der Waals surface area (Å²) >= 11 is 2.01. The van der Waals surface area contributed by atoms with Crippen molar-refractivity contribution in [1.82, 2.24) is 0 Å². The molecule has 1 aromatic heterocycles. The molecule has 11 rings (SSSR count). The highest BCUT2D eigenvalue weighted by atomic mass is 32.1. The summed E-state index contributed by atoms with van der Waals surface area (Å²) in [7, 11) is 0. The molecule has 2 aliphatic heterocycles. The second-order valence-electron chi connectivity index (χ2n) is 26.2. The van der Waals surface area contributed by atoms with Gasteiger partial charge >= 0.3 is 0 Å². The number of hydrogen-bond donors (Lipinski definition) is 0. The molecule has 0 spiro atoms. The Morgan fingerprint density at radius 3 is 1.68 bits per heavy atom. The molecule has 360 valence electrons. The lowest BCUT2D eigenvalue weighted by molar-refractivity contribution is 0.569. The average Bonchev–Trinajstić information content (AvgIpc) is 3.95. The Balaban J connectivity index is 1.22. The number of aryl methyl sites for hydroxylation is 1. The minimum Gasteiger partial charge on any atom is -0.311 e. The SMILES string of the molecule is CC(C)(C)c1cc(-c2cccc(N3c4ccc(C(C)(C)C)cc4B4c5sc6ccc(C(C)(C)C)cc6c5N(c5ccc(C(C)(C)C)cc5-c5cccc6c5CCC6)c5cccc3c54)c2)cc(C(C)(C)C)c1. The second-order valence-corrected chi connectivity index (χ2v) is 27.3. The Morgan fingerprint density at radius 1 is 0.437 bits per heavy atom. The fourth-order valence-electron chi connectivity index (χ4n) is 11.7. The molecule has 0 saturated carbocycles. The van der Waals surface area contributed by atoms with Crippen LogP contribution in [0.3, 0.4) is 0 Å². The summed E-state index contributed by atoms with van der Waals surface area (Å²) < 4.78 is 2.76. The molecule has 1 aliphatic carbocycles. The van der Waals surface area contributed by atoms with Crippen LogP contribution in [0.15, 0.2) is 133 Å². The molecule has 0 fully saturated rings. The van der Waals surface area contributed by atoms with E-state index in [1.807, 2.05) is 11.3 Å². The molecule has 4 heteroatoms. The highest BCUT2D eigenvalue weighted by Crippen LogP contribution is 2.52. The minimum absolute atomic E-state index is 0.00580. The first-order chi connectivity index (χ1) is 33.4. The van der Waals surface area contributed by atoms with Crippen LogP contribution in [-0.4, -0.2) is 6.71 Å². The zero-order valence-corrected chi connectivity index (χ0v) is 46.0. The van der Waals surface area contributed by atoms with Gasteiger partial charge in [-0.15, -0.1) is 11.3 Å². The molecule has 8 aromatic rings. The maximum atomic E-state index is 2.71. The summed E-state index contributed by atoms with van der Waals surface area (Å²) in [5.74, 6) is 0. The third-order valence-electron chi connectivity index (χ3n) is 16.0. The largest absolute Gasteiger partial charge is 0.311 e. The van der Waals surface area contributed by atoms with Crippen LogP contribution in [0.4, 0.5) is 34.1 Å². The van der Waals surface area contributed by atoms with Crippen molar-refractivity contribution in [3.05, 3.63) is 172 Å². The number of benzene rings is 7. The monoisotopic (exact) mass is 949 g/mol. The highest BCUT2D eigenvalue weighted by molar-refractivity contribution is 7.33. The minimum atomic E-state index is -0.0344. The first-order valence-corrected chi connectivity index (χ1v) is 27.1. The van der Waals surface area contributed by atoms with Crippen LogP contribution >= 0.6 is 11.3 Å². The van der Waals surface area contributed by atoms with Gasteiger partial charge in [0.2, 0.25) is 0 Å². The maximum absolute atomic E-state index is 2.71. The first kappa shape index (κ1) is 47.5. The summed E-state index contributed by atoms with van der Waals surface area (Å²) in [5.41, 5.74) is 25.3. The van der Waals surface area contributed by atoms with Gasteiger partial charge < -0.3 is 9.80 Å². The number of fused-ring (bicyclic) bond motifs is 7. The number of rotatable bonds is 4. The molecule has 3 heterocycles. The quantitative estimate of drug-likeness (QED) is 0.162. The van der Waals surface area contributed by atoms with Gasteiger partial charge in [0.25, 0.3) is 6.71 Å². The molecule has 0 unspecified atom stereocenters. The molecule has 0 atom stereocenters. The second kappa shape index (κ2) is 16.3. The Kier molecular flexibility index (Phi) is 10.9. The van der Waals surface area contributed by atoms with E-state index >= 15 is 0 Å². The molecule has 0 N–H and O–H groups in total. The zero-order valence-electron chi connectivity index (χ0n) is 45.2. The molecular formula is C67H73BN2S. The fourth-order valence-corrected chi connectivity index (χ4v) is 13.0. The Hall–Kier alpha value is -5.84. The van der Waals surface area contributed by atoms with E-state index in [9.17, 15) is 0 Å². The van der Waals surface area contributed by atoms with Gasteiger partial charge in [0, 0.05) is 43.2 Å². The van der Waals surface area contributed by atoms with Crippen LogP contribution in [0.2, 0.25) is 0 Å². The number of nitrogens with zero attached hydrogens (tertiary/aromatic N) is 2. The van der Waals surface area contributed by atoms with Crippen LogP contribution in [0.5, 0.6) is 0 Å². The molecule has 0 radical (unpaired) electrons. The molecule has 7 aromatic carbocycles. The summed E-state index contributed by atoms with van der Waals surface area (Å²) in [6.07, 6.45) is 3.48. The Morgan fingerprint density at radius 2 is 1.01 bits per heavy atom. The zero-order chi connectivity index (χ0) is 50.3. The number of anilines is 6. The van der Waals surface area contributed by atoms with Crippen molar-refractivity contribution in [1.29, 1.82) is 0 Å². The lowest BCUT2D eigenvalue weighted by Crippen LogP contribution is -2.60. The Bertz CT molecular complexity index is 3410. The normalized spacial score (nSPS) is 14.7. The van der Waals surface area contributed by atoms with E-state index in [-0.39, 0.29) is 33.8 Å². The summed E-state index contributed by atoms with van der Waals surface area (Å²) in [6, 6.07) is 53.1. The van der Waals surface area contributed by atoms with Gasteiger partial charge in [-0.3, -0.25) is 0 Å². The van der Waals surface area contributed by atoms with E-state index in [1.54, 1.807) is 0 Å². The summed E-state index contributed by atoms with van der Waals surface area (Å²) in [5, 5.41) is 1.34. The van der Waals surface area contributed by atoms with Gasteiger partial charge in [-0.1, -0.05) is 183 Å². The summed E-state index contributed by atoms with van der Waals surface area (Å²) in [6.45, 7) is 35.3. The average molecular weight is 949 g/mol. The predicted molar refractivity (Wildman–Crippen MR) is 312 cm³/mol. The van der Waals surface area contributed by atoms with Gasteiger partial charge in [-0.25, -0.2) is 0 Å². The summed E-state index contributed by atoms with van der Waals surface area (Å²) in [4.78, 5) is 5.31. The predicted octanol–water partition coefficient (Wildman–Crippen LogP) is 17.3. The van der Waals surface area contributed by atoms with Crippen molar-refractivity contribution in [2.24, 2.45) is 0 Å². The number of thiophene rings is 1. The van der Waals surface area contributed by atoms with Crippen LogP contribution in [0.1, 0.15) is 149 Å². The molecule has 71 heavy (non-hydrogen) atoms. The molecular weight excluding hydrogens is 876 g/mol. The van der Waals surface area contributed by atoms with Gasteiger partial charge in [-0.05, 0) is 167 Å². The maximum Gasteiger partial charge on any atom is 0.264 e. The van der Waals surface area contributed by atoms with Gasteiger partial charge in [-0.2, -0.15) is 0 Å². The van der Waals surface area contributed by atoms with E-state index in [4.69, 9.17) is 0 Å². The molecule has 0 amide bonds. The highest BCUT2D eigenvalue weighted by Gasteiger charge is 2.46. The van der Waals surface area contributed by atoms with E-state index in [2.05, 4.69) is 247 Å². The third kappa shape index (κ3) is 8.08. The first-order valence-electron chi connectivity index (χ1n) is 26.3. The van der Waals surface area contributed by atoms with E-state index in [0.717, 1.165) is 12.8 Å². The Labute approximate surface area is 430 Å². The van der Waals surface area contributed by atoms with Crippen molar-refractivity contribution in [2.75, 3.05) is 9.80 Å². The van der Waals surface area contributed by atoms with E-state index in [0.29, 0.717) is 0 Å². The molecule has 2 nitrogen and oxygen atoms in total. The van der Waals surface area contributed by atoms with Crippen molar-refractivity contribution in [3.8, 4) is 22.3 Å². The van der Waals surface area contributed by atoms with E-state index in [1.165, 1.54) is 128 Å². The van der Waals surface area contributed by atoms with Crippen LogP contribution in [0, 0.1) is 0 Å². The lowest BCUT2D eigenvalue weighted by Gasteiger charge is -2.44. The van der Waals surface area contributed by atoms with Gasteiger partial charge in [0.05, 0.1) is 11.4 Å². The topological polar surface area (TPSA) is 6.48 Å². The van der Waals surface area contributed by atoms with Crippen LogP contribution in [0.25, 0.3) is 32.3 Å². The van der Waals surface area contributed by atoms with Crippen molar-refractivity contribution >= 4 is 78.0 Å². The van der Waals surface area contributed by atoms with Gasteiger partial charge in [0.15, 0.2) is 0 Å². The molecule has 3 aliphatic rings. The molecule has 0 saturated heterocycles. The molecule has 0 bridgehead atoms. The van der Waals surface area contributed by atoms with Crippen molar-refractivity contribution < 1.29 is 0 Å². The number of hydrogen-bond acceptors (Lipinski definition) is 3. The van der Waals surface area contributed by atoms with E-state index < -0.39 is 0 Å². The lowest BCUT2D eigenvalue weighted by atomic mass is 9.36. The van der Waals surface area contributed by atoms with Crippen LogP contribution < -0.4 is 25.5 Å². The smallest absolute Gasteiger partial charge is 0.264 e. The third-order valence-corrected chi connectivity index (χ3v) is 17.2. The van der Waals surface area contributed by atoms with Crippen molar-refractivity contribution in [3.63, 3.8) is 0 Å². The van der Waals surface area contributed by atoms with Gasteiger partial charge in [0.1, 0.15) is 0 Å². The van der Waals surface area contributed by atoms with Crippen LogP contribution in [-0.2, 0) is 39.9 Å². The van der Waals surface area contributed by atoms with Crippen molar-refractivity contribution in [2.45, 2.75) is 150 Å². The standard InChI is InChI=1S/C67H73BN2S/c1-63(2,3)44-28-31-55(52(38-44)51-25-18-21-41-20-17-24-50(41)51)70-58-27-19-26-57-60(58)68(62-61(70)53-39-45(64(4,5)6)30-33-59(53)71-62)54-40-46(65(7,8)9)29-32-56(54)69(57)49-23-16-22-42(36-49)43-34-47(66(10,11)12)37-48(35-43)67(13,14)15/h16,18-19,21-23,25-40H,17,20,24H2,1-15H3.